The van der Waals surface area contributed by atoms with Gasteiger partial charge in [0, 0.05) is 93.8 Å². The molecule has 0 aliphatic carbocycles. The van der Waals surface area contributed by atoms with Crippen LogP contribution in [0.5, 0.6) is 0 Å². The van der Waals surface area contributed by atoms with Gasteiger partial charge in [-0.2, -0.15) is 0 Å². The maximum Gasteiger partial charge on any atom is 0.500 e. The number of aryl methyl sites for hydroxylation is 1. The summed E-state index contributed by atoms with van der Waals surface area (Å²) in [6.45, 7) is 5.15. The van der Waals surface area contributed by atoms with E-state index in [1.165, 1.54) is 64.2 Å². The second-order valence-electron chi connectivity index (χ2n) is 11.2. The first kappa shape index (κ1) is 42.3. The topological polar surface area (TPSA) is 86.3 Å². The molecule has 1 rings (SSSR count). The first-order valence-corrected chi connectivity index (χ1v) is 18.1. The van der Waals surface area contributed by atoms with Gasteiger partial charge in [0.05, 0.1) is 0 Å². The first-order valence-electron chi connectivity index (χ1n) is 16.1. The molecule has 0 heterocycles. The summed E-state index contributed by atoms with van der Waals surface area (Å²) in [6.07, 6.45) is 16.6. The Labute approximate surface area is 289 Å². The normalized spacial score (nSPS) is 12.0. The summed E-state index contributed by atoms with van der Waals surface area (Å²) < 4.78 is 22.0. The van der Waals surface area contributed by atoms with E-state index in [1.54, 1.807) is 40.3 Å². The van der Waals surface area contributed by atoms with Gasteiger partial charge in [-0.25, -0.2) is 0 Å². The number of unbranched alkanes of at least 4 members (excludes halogenated alkanes) is 11. The number of carbonyl (C=O) groups is 2. The average molecular weight is 698 g/mol. The van der Waals surface area contributed by atoms with Crippen molar-refractivity contribution in [3.8, 4) is 0 Å². The minimum Gasteiger partial charge on any atom is -0.377 e. The number of carbonyl (C=O) groups excluding carboxylic acids is 2. The van der Waals surface area contributed by atoms with Crippen LogP contribution in [0.1, 0.15) is 108 Å². The SMILES string of the molecule is CCCCCCCCCCCCCCC(OC)C(=O)NCCN(Cc1ccc(CC[Si](OC)(OC)OC)cc1)C(C)=O.[Y]. The maximum atomic E-state index is 12.7. The first-order chi connectivity index (χ1) is 20.3. The van der Waals surface area contributed by atoms with Gasteiger partial charge in [0.2, 0.25) is 11.8 Å². The van der Waals surface area contributed by atoms with Gasteiger partial charge in [-0.05, 0) is 24.0 Å². The second kappa shape index (κ2) is 26.5. The van der Waals surface area contributed by atoms with Crippen molar-refractivity contribution in [1.29, 1.82) is 0 Å². The largest absolute Gasteiger partial charge is 0.500 e. The van der Waals surface area contributed by atoms with Gasteiger partial charge in [0.25, 0.3) is 0 Å². The molecule has 1 N–H and O–H groups in total. The molecule has 0 aliphatic rings. The Hall–Kier alpha value is -0.679. The number of amides is 2. The summed E-state index contributed by atoms with van der Waals surface area (Å²) in [4.78, 5) is 26.7. The number of hydrogen-bond acceptors (Lipinski definition) is 6. The van der Waals surface area contributed by atoms with Crippen molar-refractivity contribution in [1.82, 2.24) is 10.2 Å². The van der Waals surface area contributed by atoms with Crippen molar-refractivity contribution >= 4 is 20.6 Å². The molecule has 2 amide bonds. The third-order valence-corrected chi connectivity index (χ3v) is 10.8. The molecular weight excluding hydrogens is 637 g/mol. The summed E-state index contributed by atoms with van der Waals surface area (Å²) in [5.74, 6) is -0.125. The molecule has 1 aromatic carbocycles. The fourth-order valence-corrected chi connectivity index (χ4v) is 6.90. The number of ether oxygens (including phenoxy) is 1. The van der Waals surface area contributed by atoms with Gasteiger partial charge in [0.15, 0.2) is 0 Å². The van der Waals surface area contributed by atoms with E-state index in [9.17, 15) is 9.59 Å². The van der Waals surface area contributed by atoms with E-state index in [2.05, 4.69) is 24.4 Å². The summed E-state index contributed by atoms with van der Waals surface area (Å²) in [5, 5.41) is 2.97. The van der Waals surface area contributed by atoms with Crippen LogP contribution >= 0.6 is 0 Å². The van der Waals surface area contributed by atoms with E-state index in [1.807, 2.05) is 12.1 Å². The molecule has 8 nitrogen and oxygen atoms in total. The van der Waals surface area contributed by atoms with Crippen LogP contribution in [-0.2, 0) is 73.3 Å². The van der Waals surface area contributed by atoms with Crippen molar-refractivity contribution < 1.29 is 60.3 Å². The Morgan fingerprint density at radius 2 is 1.28 bits per heavy atom. The van der Waals surface area contributed by atoms with Crippen molar-refractivity contribution in [2.45, 2.75) is 122 Å². The second-order valence-corrected chi connectivity index (χ2v) is 14.3. The predicted molar refractivity (Wildman–Crippen MR) is 172 cm³/mol. The number of methoxy groups -OCH3 is 1. The molecule has 0 aliphatic heterocycles. The quantitative estimate of drug-likeness (QED) is 0.0860. The van der Waals surface area contributed by atoms with Crippen molar-refractivity contribution in [2.24, 2.45) is 0 Å². The molecule has 0 saturated carbocycles. The zero-order chi connectivity index (χ0) is 31.1. The number of nitrogens with one attached hydrogen (secondary N) is 1. The molecule has 1 radical (unpaired) electrons. The van der Waals surface area contributed by atoms with Gasteiger partial charge in [-0.15, -0.1) is 0 Å². The van der Waals surface area contributed by atoms with Gasteiger partial charge in [-0.3, -0.25) is 9.59 Å². The maximum absolute atomic E-state index is 12.7. The van der Waals surface area contributed by atoms with Crippen molar-refractivity contribution in [2.75, 3.05) is 41.5 Å². The molecule has 0 spiro atoms. The van der Waals surface area contributed by atoms with Crippen LogP contribution in [0.25, 0.3) is 0 Å². The number of rotatable bonds is 26. The van der Waals surface area contributed by atoms with Crippen molar-refractivity contribution in [3.63, 3.8) is 0 Å². The Bertz CT molecular complexity index is 833. The molecule has 1 aromatic rings. The van der Waals surface area contributed by atoms with E-state index in [0.717, 1.165) is 36.8 Å². The van der Waals surface area contributed by atoms with Crippen LogP contribution in [0.4, 0.5) is 0 Å². The molecule has 10 heteroatoms. The Kier molecular flexibility index (Phi) is 26.1. The van der Waals surface area contributed by atoms with Crippen LogP contribution in [0, 0.1) is 0 Å². The molecule has 1 unspecified atom stereocenters. The Morgan fingerprint density at radius 1 is 0.791 bits per heavy atom. The van der Waals surface area contributed by atoms with E-state index < -0.39 is 14.9 Å². The fraction of sp³-hybridized carbons (Fsp3) is 0.758. The Morgan fingerprint density at radius 3 is 1.74 bits per heavy atom. The molecule has 0 fully saturated rings. The smallest absolute Gasteiger partial charge is 0.377 e. The predicted octanol–water partition coefficient (Wildman–Crippen LogP) is 6.68. The third kappa shape index (κ3) is 18.8. The number of benzene rings is 1. The van der Waals surface area contributed by atoms with Gasteiger partial charge in [-0.1, -0.05) is 108 Å². The van der Waals surface area contributed by atoms with E-state index >= 15 is 0 Å². The van der Waals surface area contributed by atoms with E-state index in [0.29, 0.717) is 25.7 Å². The zero-order valence-electron chi connectivity index (χ0n) is 28.1. The van der Waals surface area contributed by atoms with Crippen LogP contribution in [0.3, 0.4) is 0 Å². The number of hydrogen-bond donors (Lipinski definition) is 1. The monoisotopic (exact) mass is 697 g/mol. The average Bonchev–Trinajstić information content (AvgIpc) is 3.00. The molecule has 43 heavy (non-hydrogen) atoms. The van der Waals surface area contributed by atoms with Crippen LogP contribution in [-0.4, -0.2) is 73.2 Å². The van der Waals surface area contributed by atoms with Gasteiger partial charge < -0.3 is 28.2 Å². The van der Waals surface area contributed by atoms with Crippen LogP contribution < -0.4 is 5.32 Å². The summed E-state index contributed by atoms with van der Waals surface area (Å²) >= 11 is 0. The summed E-state index contributed by atoms with van der Waals surface area (Å²) in [6, 6.07) is 8.89. The fourth-order valence-electron chi connectivity index (χ4n) is 5.19. The standard InChI is InChI=1S/C33H60N2O6Si.Y/c1-7-8-9-10-11-12-13-14-15-16-17-18-19-32(38-3)33(37)34-25-26-35(29(2)36)28-31-22-20-30(21-23-31)24-27-42(39-4,40-5)41-6;/h20-23,32H,7-19,24-28H2,1-6H3,(H,34,37);. The van der Waals surface area contributed by atoms with Crippen molar-refractivity contribution in [3.05, 3.63) is 35.4 Å². The molecule has 0 saturated heterocycles. The zero-order valence-corrected chi connectivity index (χ0v) is 31.9. The van der Waals surface area contributed by atoms with Crippen LogP contribution in [0.15, 0.2) is 24.3 Å². The van der Waals surface area contributed by atoms with Gasteiger partial charge >= 0.3 is 8.80 Å². The van der Waals surface area contributed by atoms with E-state index in [-0.39, 0.29) is 44.5 Å². The van der Waals surface area contributed by atoms with Crippen LogP contribution in [0.2, 0.25) is 6.04 Å². The molecule has 0 aromatic heterocycles. The molecular formula is C33H60N2O6SiY. The minimum absolute atomic E-state index is 0. The summed E-state index contributed by atoms with van der Waals surface area (Å²) in [5.41, 5.74) is 2.19. The third-order valence-electron chi connectivity index (χ3n) is 8.07. The molecule has 0 bridgehead atoms. The summed E-state index contributed by atoms with van der Waals surface area (Å²) in [7, 11) is 3.85. The number of nitrogens with zero attached hydrogens (tertiary/aromatic N) is 1. The minimum atomic E-state index is -2.61. The van der Waals surface area contributed by atoms with E-state index in [4.69, 9.17) is 18.0 Å². The molecule has 1 atom stereocenters. The Balaban J connectivity index is 0.0000176. The van der Waals surface area contributed by atoms with Gasteiger partial charge in [0.1, 0.15) is 6.10 Å². The molecule has 245 valence electrons.